The Balaban J connectivity index is 2.61. The molecule has 0 saturated heterocycles. The van der Waals surface area contributed by atoms with Crippen LogP contribution in [0.15, 0.2) is 60.7 Å². The molecule has 21 heavy (non-hydrogen) atoms. The Morgan fingerprint density at radius 1 is 0.905 bits per heavy atom. The Bertz CT molecular complexity index is 565. The van der Waals surface area contributed by atoms with E-state index in [1.807, 2.05) is 55.5 Å². The summed E-state index contributed by atoms with van der Waals surface area (Å²) in [5.74, 6) is -0.0601. The van der Waals surface area contributed by atoms with E-state index in [1.54, 1.807) is 0 Å². The number of rotatable bonds is 5. The molecule has 0 aliphatic heterocycles. The molecule has 2 aromatic rings. The van der Waals surface area contributed by atoms with Gasteiger partial charge in [-0.25, -0.2) is 0 Å². The molecule has 0 amide bonds. The second kappa shape index (κ2) is 6.00. The van der Waals surface area contributed by atoms with E-state index in [9.17, 15) is 5.11 Å². The van der Waals surface area contributed by atoms with Crippen LogP contribution in [-0.4, -0.2) is 11.7 Å². The van der Waals surface area contributed by atoms with Gasteiger partial charge in [-0.05, 0) is 17.7 Å². The van der Waals surface area contributed by atoms with Crippen LogP contribution in [0.2, 0.25) is 0 Å². The van der Waals surface area contributed by atoms with Gasteiger partial charge in [-0.2, -0.15) is 0 Å². The Morgan fingerprint density at radius 2 is 1.33 bits per heavy atom. The molecule has 0 radical (unpaired) electrons. The lowest BCUT2D eigenvalue weighted by molar-refractivity contribution is -0.0755. The van der Waals surface area contributed by atoms with Gasteiger partial charge in [0.15, 0.2) is 0 Å². The number of hydrogen-bond acceptors (Lipinski definition) is 2. The van der Waals surface area contributed by atoms with E-state index in [0.717, 1.165) is 11.1 Å². The monoisotopic (exact) mass is 283 g/mol. The highest BCUT2D eigenvalue weighted by molar-refractivity contribution is 5.35. The van der Waals surface area contributed by atoms with E-state index >= 15 is 0 Å². The van der Waals surface area contributed by atoms with Crippen LogP contribution >= 0.6 is 0 Å². The van der Waals surface area contributed by atoms with Crippen LogP contribution in [0.4, 0.5) is 0 Å². The predicted octanol–water partition coefficient (Wildman–Crippen LogP) is 3.45. The molecular weight excluding hydrogens is 258 g/mol. The van der Waals surface area contributed by atoms with Gasteiger partial charge in [-0.3, -0.25) is 0 Å². The molecule has 0 bridgehead atoms. The molecule has 0 aliphatic rings. The number of hydrogen-bond donors (Lipinski definition) is 2. The van der Waals surface area contributed by atoms with Crippen LogP contribution in [0.5, 0.6) is 0 Å². The minimum atomic E-state index is -1.02. The SMILES string of the molecule is C[C@@H](CN)[C@@](O)(c1ccccc1)C(C)(C)c1ccccc1. The van der Waals surface area contributed by atoms with Gasteiger partial charge in [0.2, 0.25) is 0 Å². The zero-order valence-corrected chi connectivity index (χ0v) is 13.1. The van der Waals surface area contributed by atoms with Crippen molar-refractivity contribution < 1.29 is 5.11 Å². The summed E-state index contributed by atoms with van der Waals surface area (Å²) in [6.07, 6.45) is 0. The van der Waals surface area contributed by atoms with Crippen molar-refractivity contribution in [1.29, 1.82) is 0 Å². The van der Waals surface area contributed by atoms with E-state index in [4.69, 9.17) is 5.73 Å². The summed E-state index contributed by atoms with van der Waals surface area (Å²) < 4.78 is 0. The molecule has 3 N–H and O–H groups in total. The third kappa shape index (κ3) is 2.61. The first kappa shape index (κ1) is 15.7. The molecule has 0 heterocycles. The van der Waals surface area contributed by atoms with Crippen molar-refractivity contribution in [3.8, 4) is 0 Å². The molecule has 2 nitrogen and oxygen atoms in total. The lowest BCUT2D eigenvalue weighted by Crippen LogP contribution is -2.52. The summed E-state index contributed by atoms with van der Waals surface area (Å²) in [6.45, 7) is 6.61. The third-order valence-corrected chi connectivity index (χ3v) is 4.73. The average Bonchev–Trinajstić information content (AvgIpc) is 2.54. The van der Waals surface area contributed by atoms with Crippen LogP contribution in [0.25, 0.3) is 0 Å². The fraction of sp³-hybridized carbons (Fsp3) is 0.368. The minimum Gasteiger partial charge on any atom is -0.384 e. The molecular formula is C19H25NO. The highest BCUT2D eigenvalue weighted by Crippen LogP contribution is 2.46. The zero-order valence-electron chi connectivity index (χ0n) is 13.1. The lowest BCUT2D eigenvalue weighted by Gasteiger charge is -2.47. The summed E-state index contributed by atoms with van der Waals surface area (Å²) in [6, 6.07) is 20.0. The van der Waals surface area contributed by atoms with Crippen LogP contribution in [0.3, 0.4) is 0 Å². The smallest absolute Gasteiger partial charge is 0.102 e. The van der Waals surface area contributed by atoms with Crippen molar-refractivity contribution in [1.82, 2.24) is 0 Å². The number of nitrogens with two attached hydrogens (primary N) is 1. The van der Waals surface area contributed by atoms with E-state index < -0.39 is 11.0 Å². The molecule has 2 aromatic carbocycles. The van der Waals surface area contributed by atoms with E-state index in [2.05, 4.69) is 26.0 Å². The van der Waals surface area contributed by atoms with E-state index in [1.165, 1.54) is 0 Å². The fourth-order valence-corrected chi connectivity index (χ4v) is 3.20. The maximum atomic E-state index is 11.7. The lowest BCUT2D eigenvalue weighted by atomic mass is 9.61. The third-order valence-electron chi connectivity index (χ3n) is 4.73. The Labute approximate surface area is 127 Å². The highest BCUT2D eigenvalue weighted by Gasteiger charge is 2.49. The van der Waals surface area contributed by atoms with Gasteiger partial charge >= 0.3 is 0 Å². The van der Waals surface area contributed by atoms with E-state index in [-0.39, 0.29) is 5.92 Å². The summed E-state index contributed by atoms with van der Waals surface area (Å²) in [5, 5.41) is 11.7. The van der Waals surface area contributed by atoms with Gasteiger partial charge in [-0.1, -0.05) is 81.4 Å². The number of benzene rings is 2. The summed E-state index contributed by atoms with van der Waals surface area (Å²) in [7, 11) is 0. The van der Waals surface area contributed by atoms with Gasteiger partial charge in [0.05, 0.1) is 0 Å². The average molecular weight is 283 g/mol. The van der Waals surface area contributed by atoms with Crippen molar-refractivity contribution >= 4 is 0 Å². The number of aliphatic hydroxyl groups is 1. The van der Waals surface area contributed by atoms with Crippen LogP contribution < -0.4 is 5.73 Å². The molecule has 2 heteroatoms. The molecule has 112 valence electrons. The van der Waals surface area contributed by atoms with Gasteiger partial charge in [0.25, 0.3) is 0 Å². The first-order valence-electron chi connectivity index (χ1n) is 7.48. The second-order valence-corrected chi connectivity index (χ2v) is 6.26. The topological polar surface area (TPSA) is 46.2 Å². The Morgan fingerprint density at radius 3 is 1.76 bits per heavy atom. The van der Waals surface area contributed by atoms with Gasteiger partial charge in [-0.15, -0.1) is 0 Å². The first-order valence-corrected chi connectivity index (χ1v) is 7.48. The predicted molar refractivity (Wildman–Crippen MR) is 88.0 cm³/mol. The normalized spacial score (nSPS) is 16.2. The molecule has 0 aliphatic carbocycles. The Hall–Kier alpha value is -1.64. The van der Waals surface area contributed by atoms with Crippen molar-refractivity contribution in [3.63, 3.8) is 0 Å². The molecule has 2 rings (SSSR count). The molecule has 0 fully saturated rings. The van der Waals surface area contributed by atoms with Crippen LogP contribution in [-0.2, 0) is 11.0 Å². The van der Waals surface area contributed by atoms with Crippen molar-refractivity contribution in [2.24, 2.45) is 11.7 Å². The summed E-state index contributed by atoms with van der Waals surface area (Å²) in [5.41, 5.74) is 6.46. The molecule has 0 unspecified atom stereocenters. The second-order valence-electron chi connectivity index (χ2n) is 6.26. The molecule has 0 saturated carbocycles. The summed E-state index contributed by atoms with van der Waals surface area (Å²) in [4.78, 5) is 0. The van der Waals surface area contributed by atoms with Crippen molar-refractivity contribution in [2.45, 2.75) is 31.8 Å². The maximum Gasteiger partial charge on any atom is 0.102 e. The molecule has 2 atom stereocenters. The van der Waals surface area contributed by atoms with Gasteiger partial charge in [0, 0.05) is 11.3 Å². The van der Waals surface area contributed by atoms with Crippen molar-refractivity contribution in [3.05, 3.63) is 71.8 Å². The zero-order chi connectivity index (χ0) is 15.5. The van der Waals surface area contributed by atoms with Gasteiger partial charge in [0.1, 0.15) is 5.60 Å². The minimum absolute atomic E-state index is 0.0601. The maximum absolute atomic E-state index is 11.7. The highest BCUT2D eigenvalue weighted by atomic mass is 16.3. The quantitative estimate of drug-likeness (QED) is 0.883. The van der Waals surface area contributed by atoms with Gasteiger partial charge < -0.3 is 10.8 Å². The summed E-state index contributed by atoms with van der Waals surface area (Å²) >= 11 is 0. The van der Waals surface area contributed by atoms with Crippen molar-refractivity contribution in [2.75, 3.05) is 6.54 Å². The fourth-order valence-electron chi connectivity index (χ4n) is 3.20. The Kier molecular flexibility index (Phi) is 4.50. The standard InChI is InChI=1S/C19H25NO/c1-15(14-20)19(21,17-12-8-5-9-13-17)18(2,3)16-10-6-4-7-11-16/h4-13,15,21H,14,20H2,1-3H3/t15-,19+/m0/s1. The largest absolute Gasteiger partial charge is 0.384 e. The first-order chi connectivity index (χ1) is 9.94. The molecule has 0 spiro atoms. The van der Waals surface area contributed by atoms with Crippen LogP contribution in [0, 0.1) is 5.92 Å². The van der Waals surface area contributed by atoms with Crippen LogP contribution in [0.1, 0.15) is 31.9 Å². The molecule has 0 aromatic heterocycles. The van der Waals surface area contributed by atoms with E-state index in [0.29, 0.717) is 6.54 Å².